The van der Waals surface area contributed by atoms with Crippen LogP contribution in [-0.4, -0.2) is 43.3 Å². The third kappa shape index (κ3) is 5.37. The summed E-state index contributed by atoms with van der Waals surface area (Å²) in [7, 11) is 0. The first kappa shape index (κ1) is 19.6. The predicted molar refractivity (Wildman–Crippen MR) is 90.5 cm³/mol. The Hall–Kier alpha value is -1.73. The molecule has 4 nitrogen and oxygen atoms in total. The van der Waals surface area contributed by atoms with Gasteiger partial charge in [0, 0.05) is 19.2 Å². The largest absolute Gasteiger partial charge is 0.573 e. The molecule has 1 aromatic rings. The maximum Gasteiger partial charge on any atom is 0.573 e. The van der Waals surface area contributed by atoms with Gasteiger partial charge in [0.05, 0.1) is 0 Å². The van der Waals surface area contributed by atoms with E-state index in [4.69, 9.17) is 0 Å². The number of nitrogens with one attached hydrogen (secondary N) is 1. The van der Waals surface area contributed by atoms with Crippen molar-refractivity contribution in [3.63, 3.8) is 0 Å². The van der Waals surface area contributed by atoms with Crippen molar-refractivity contribution in [2.24, 2.45) is 11.8 Å². The van der Waals surface area contributed by atoms with Gasteiger partial charge >= 0.3 is 6.36 Å². The lowest BCUT2D eigenvalue weighted by Gasteiger charge is -2.33. The second kappa shape index (κ2) is 8.10. The molecular formula is C17H20ClF3N2O2. The highest BCUT2D eigenvalue weighted by molar-refractivity contribution is 5.91. The topological polar surface area (TPSA) is 41.6 Å². The van der Waals surface area contributed by atoms with Crippen LogP contribution in [0.1, 0.15) is 12.0 Å². The van der Waals surface area contributed by atoms with E-state index in [1.807, 2.05) is 4.90 Å². The Balaban J connectivity index is 0.00000225. The lowest BCUT2D eigenvalue weighted by atomic mass is 9.88. The van der Waals surface area contributed by atoms with Crippen molar-refractivity contribution in [1.82, 2.24) is 10.2 Å². The van der Waals surface area contributed by atoms with E-state index in [1.54, 1.807) is 6.08 Å². The summed E-state index contributed by atoms with van der Waals surface area (Å²) < 4.78 is 40.1. The molecular weight excluding hydrogens is 357 g/mol. The molecule has 2 aliphatic heterocycles. The lowest BCUT2D eigenvalue weighted by molar-refractivity contribution is -0.274. The van der Waals surface area contributed by atoms with Gasteiger partial charge in [0.1, 0.15) is 5.75 Å². The average Bonchev–Trinajstić information content (AvgIpc) is 3.00. The van der Waals surface area contributed by atoms with Gasteiger partial charge in [-0.25, -0.2) is 0 Å². The van der Waals surface area contributed by atoms with Gasteiger partial charge in [-0.2, -0.15) is 0 Å². The molecule has 0 bridgehead atoms. The van der Waals surface area contributed by atoms with Crippen LogP contribution in [0.4, 0.5) is 13.2 Å². The quantitative estimate of drug-likeness (QED) is 0.824. The minimum Gasteiger partial charge on any atom is -0.406 e. The van der Waals surface area contributed by atoms with Gasteiger partial charge in [-0.05, 0) is 55.1 Å². The number of ether oxygens (including phenoxy) is 1. The molecule has 0 saturated carbocycles. The van der Waals surface area contributed by atoms with Gasteiger partial charge in [0.15, 0.2) is 0 Å². The van der Waals surface area contributed by atoms with Crippen LogP contribution in [-0.2, 0) is 4.79 Å². The van der Waals surface area contributed by atoms with Crippen molar-refractivity contribution in [1.29, 1.82) is 0 Å². The third-order valence-electron chi connectivity index (χ3n) is 4.55. The molecule has 1 aromatic carbocycles. The normalized spacial score (nSPS) is 23.2. The summed E-state index contributed by atoms with van der Waals surface area (Å²) in [6.07, 6.45) is -0.601. The van der Waals surface area contributed by atoms with Crippen molar-refractivity contribution < 1.29 is 22.7 Å². The summed E-state index contributed by atoms with van der Waals surface area (Å²) in [4.78, 5) is 14.1. The van der Waals surface area contributed by atoms with Crippen LogP contribution in [0, 0.1) is 11.8 Å². The number of amides is 1. The minimum atomic E-state index is -4.70. The van der Waals surface area contributed by atoms with Gasteiger partial charge in [-0.3, -0.25) is 4.79 Å². The molecule has 3 rings (SSSR count). The Morgan fingerprint density at radius 3 is 2.56 bits per heavy atom. The second-order valence-electron chi connectivity index (χ2n) is 6.20. The van der Waals surface area contributed by atoms with Gasteiger partial charge in [-0.1, -0.05) is 12.1 Å². The number of hydrogen-bond donors (Lipinski definition) is 1. The summed E-state index contributed by atoms with van der Waals surface area (Å²) in [6, 6.07) is 5.43. The number of hydrogen-bond acceptors (Lipinski definition) is 3. The first-order chi connectivity index (χ1) is 11.4. The molecule has 0 radical (unpaired) electrons. The van der Waals surface area contributed by atoms with Crippen LogP contribution in [0.3, 0.4) is 0 Å². The van der Waals surface area contributed by atoms with Crippen LogP contribution in [0.2, 0.25) is 0 Å². The molecule has 8 heteroatoms. The first-order valence-corrected chi connectivity index (χ1v) is 7.94. The van der Waals surface area contributed by atoms with E-state index in [0.717, 1.165) is 32.6 Å². The molecule has 1 amide bonds. The molecule has 2 aliphatic rings. The Morgan fingerprint density at radius 1 is 1.20 bits per heavy atom. The molecule has 0 aliphatic carbocycles. The zero-order valence-electron chi connectivity index (χ0n) is 13.5. The van der Waals surface area contributed by atoms with Gasteiger partial charge < -0.3 is 15.0 Å². The lowest BCUT2D eigenvalue weighted by Crippen LogP contribution is -2.42. The van der Waals surface area contributed by atoms with Crippen molar-refractivity contribution in [3.8, 4) is 5.75 Å². The number of nitrogens with zero attached hydrogens (tertiary/aromatic N) is 1. The maximum atomic E-state index is 12.3. The number of fused-ring (bicyclic) bond motifs is 1. The van der Waals surface area contributed by atoms with E-state index < -0.39 is 6.36 Å². The summed E-state index contributed by atoms with van der Waals surface area (Å²) in [5.74, 6) is 0.854. The van der Waals surface area contributed by atoms with Gasteiger partial charge in [0.25, 0.3) is 0 Å². The molecule has 25 heavy (non-hydrogen) atoms. The monoisotopic (exact) mass is 376 g/mol. The third-order valence-corrected chi connectivity index (χ3v) is 4.55. The number of alkyl halides is 3. The van der Waals surface area contributed by atoms with Crippen LogP contribution >= 0.6 is 12.4 Å². The summed E-state index contributed by atoms with van der Waals surface area (Å²) in [5.41, 5.74) is 0.648. The van der Waals surface area contributed by atoms with E-state index in [2.05, 4.69) is 10.1 Å². The summed E-state index contributed by atoms with van der Waals surface area (Å²) >= 11 is 0. The Morgan fingerprint density at radius 2 is 1.88 bits per heavy atom. The minimum absolute atomic E-state index is 0. The number of halogens is 4. The van der Waals surface area contributed by atoms with E-state index in [9.17, 15) is 18.0 Å². The smallest absolute Gasteiger partial charge is 0.406 e. The number of piperidine rings is 1. The predicted octanol–water partition coefficient (Wildman–Crippen LogP) is 3.09. The number of carbonyl (C=O) groups excluding carboxylic acids is 1. The molecule has 138 valence electrons. The molecule has 0 aromatic heterocycles. The standard InChI is InChI=1S/C17H19F3N2O2.ClH/c18-17(19,20)24-15-4-1-12(2-5-15)3-6-16(23)22-8-7-13-9-21-10-14(13)11-22;/h1-6,13-14,21H,7-11H2;1H/b6-3+;. The van der Waals surface area contributed by atoms with Crippen LogP contribution in [0.15, 0.2) is 30.3 Å². The zero-order valence-corrected chi connectivity index (χ0v) is 14.3. The van der Waals surface area contributed by atoms with Crippen LogP contribution in [0.5, 0.6) is 5.75 Å². The summed E-state index contributed by atoms with van der Waals surface area (Å²) in [5, 5.41) is 3.36. The van der Waals surface area contributed by atoms with Crippen molar-refractivity contribution >= 4 is 24.4 Å². The number of rotatable bonds is 3. The van der Waals surface area contributed by atoms with E-state index in [1.165, 1.54) is 30.3 Å². The van der Waals surface area contributed by atoms with Crippen LogP contribution in [0.25, 0.3) is 6.08 Å². The fraction of sp³-hybridized carbons (Fsp3) is 0.471. The fourth-order valence-electron chi connectivity index (χ4n) is 3.29. The number of benzene rings is 1. The first-order valence-electron chi connectivity index (χ1n) is 7.94. The zero-order chi connectivity index (χ0) is 17.2. The average molecular weight is 377 g/mol. The van der Waals surface area contributed by atoms with Crippen molar-refractivity contribution in [3.05, 3.63) is 35.9 Å². The number of carbonyl (C=O) groups is 1. The number of likely N-dealkylation sites (tertiary alicyclic amines) is 1. The van der Waals surface area contributed by atoms with E-state index >= 15 is 0 Å². The van der Waals surface area contributed by atoms with Gasteiger partial charge in [0.2, 0.25) is 5.91 Å². The highest BCUT2D eigenvalue weighted by atomic mass is 35.5. The van der Waals surface area contributed by atoms with Crippen molar-refractivity contribution in [2.75, 3.05) is 26.2 Å². The SMILES string of the molecule is Cl.O=C(/C=C/c1ccc(OC(F)(F)F)cc1)N1CCC2CNCC2C1. The molecule has 2 heterocycles. The van der Waals surface area contributed by atoms with E-state index in [-0.39, 0.29) is 24.1 Å². The molecule has 0 spiro atoms. The maximum absolute atomic E-state index is 12.3. The molecule has 1 N–H and O–H groups in total. The highest BCUT2D eigenvalue weighted by Gasteiger charge is 2.34. The fourth-order valence-corrected chi connectivity index (χ4v) is 3.29. The second-order valence-corrected chi connectivity index (χ2v) is 6.20. The Bertz CT molecular complexity index is 619. The molecule has 2 atom stereocenters. The summed E-state index contributed by atoms with van der Waals surface area (Å²) in [6.45, 7) is 3.51. The molecule has 2 saturated heterocycles. The molecule has 2 fully saturated rings. The highest BCUT2D eigenvalue weighted by Crippen LogP contribution is 2.27. The van der Waals surface area contributed by atoms with E-state index in [0.29, 0.717) is 17.4 Å². The van der Waals surface area contributed by atoms with Gasteiger partial charge in [-0.15, -0.1) is 25.6 Å². The van der Waals surface area contributed by atoms with Crippen LogP contribution < -0.4 is 10.1 Å². The van der Waals surface area contributed by atoms with Crippen molar-refractivity contribution in [2.45, 2.75) is 12.8 Å². The molecule has 2 unspecified atom stereocenters. The Kier molecular flexibility index (Phi) is 6.35. The Labute approximate surface area is 150 Å².